The van der Waals surface area contributed by atoms with Gasteiger partial charge < -0.3 is 10.1 Å². The number of rotatable bonds is 6. The minimum Gasteiger partial charge on any atom is -0.428 e. The lowest BCUT2D eigenvalue weighted by Gasteiger charge is -2.33. The second-order valence-corrected chi connectivity index (χ2v) is 10.6. The maximum Gasteiger partial charge on any atom is 0.416 e. The third-order valence-electron chi connectivity index (χ3n) is 7.82. The Kier molecular flexibility index (Phi) is 7.05. The normalized spacial score (nSPS) is 20.7. The van der Waals surface area contributed by atoms with Crippen molar-refractivity contribution in [3.05, 3.63) is 80.1 Å². The SMILES string of the molecule is O=c1c2c(n(O)c3ccc(Cl)cc13)CC(c1cccc(C(F)(F)F)c1)CC2CCCCN1CCCC1. The third kappa shape index (κ3) is 5.00. The van der Waals surface area contributed by atoms with Gasteiger partial charge in [0.05, 0.1) is 22.2 Å². The van der Waals surface area contributed by atoms with Crippen LogP contribution in [0.1, 0.15) is 72.7 Å². The van der Waals surface area contributed by atoms with Crippen molar-refractivity contribution >= 4 is 22.5 Å². The molecular weight excluding hydrogens is 489 g/mol. The van der Waals surface area contributed by atoms with Crippen LogP contribution in [0, 0.1) is 0 Å². The van der Waals surface area contributed by atoms with Gasteiger partial charge in [-0.05, 0) is 99.8 Å². The predicted octanol–water partition coefficient (Wildman–Crippen LogP) is 6.99. The highest BCUT2D eigenvalue weighted by molar-refractivity contribution is 6.31. The number of alkyl halides is 3. The van der Waals surface area contributed by atoms with Gasteiger partial charge in [-0.1, -0.05) is 36.2 Å². The van der Waals surface area contributed by atoms with E-state index in [1.54, 1.807) is 24.3 Å². The first kappa shape index (κ1) is 25.2. The average Bonchev–Trinajstić information content (AvgIpc) is 3.38. The standard InChI is InChI=1S/C28H30ClF3N2O2/c29-22-9-10-24-23(17-22)27(35)26-19(6-1-2-11-33-12-3-4-13-33)14-20(16-25(26)34(24)36)18-7-5-8-21(15-18)28(30,31)32/h5,7-10,15,17,19-20,36H,1-4,6,11-14,16H2. The Morgan fingerprint density at radius 2 is 1.83 bits per heavy atom. The number of fused-ring (bicyclic) bond motifs is 2. The zero-order valence-electron chi connectivity index (χ0n) is 20.0. The van der Waals surface area contributed by atoms with Crippen LogP contribution in [0.3, 0.4) is 0 Å². The van der Waals surface area contributed by atoms with E-state index in [0.29, 0.717) is 45.6 Å². The first-order valence-corrected chi connectivity index (χ1v) is 13.1. The molecule has 4 nitrogen and oxygen atoms in total. The fourth-order valence-corrected chi connectivity index (χ4v) is 6.20. The summed E-state index contributed by atoms with van der Waals surface area (Å²) in [7, 11) is 0. The first-order valence-electron chi connectivity index (χ1n) is 12.7. The maximum atomic E-state index is 13.6. The van der Waals surface area contributed by atoms with Gasteiger partial charge in [0.15, 0.2) is 5.43 Å². The predicted molar refractivity (Wildman–Crippen MR) is 135 cm³/mol. The first-order chi connectivity index (χ1) is 17.2. The molecule has 0 spiro atoms. The van der Waals surface area contributed by atoms with Gasteiger partial charge in [-0.2, -0.15) is 17.9 Å². The molecular formula is C28H30ClF3N2O2. The highest BCUT2D eigenvalue weighted by Gasteiger charge is 2.35. The zero-order chi connectivity index (χ0) is 25.4. The van der Waals surface area contributed by atoms with Crippen LogP contribution in [0.4, 0.5) is 13.2 Å². The molecule has 1 aliphatic heterocycles. The Bertz CT molecular complexity index is 1310. The summed E-state index contributed by atoms with van der Waals surface area (Å²) in [5.41, 5.74) is 1.20. The number of pyridine rings is 1. The van der Waals surface area contributed by atoms with Crippen molar-refractivity contribution in [1.82, 2.24) is 9.63 Å². The quantitative estimate of drug-likeness (QED) is 0.282. The van der Waals surface area contributed by atoms with E-state index in [-0.39, 0.29) is 17.3 Å². The van der Waals surface area contributed by atoms with Crippen LogP contribution in [-0.4, -0.2) is 34.5 Å². The summed E-state index contributed by atoms with van der Waals surface area (Å²) in [5, 5.41) is 11.9. The second kappa shape index (κ2) is 10.1. The summed E-state index contributed by atoms with van der Waals surface area (Å²) in [6.45, 7) is 3.28. The number of aromatic nitrogens is 1. The summed E-state index contributed by atoms with van der Waals surface area (Å²) in [4.78, 5) is 16.1. The molecule has 1 N–H and O–H groups in total. The van der Waals surface area contributed by atoms with E-state index in [9.17, 15) is 23.2 Å². The molecule has 1 aliphatic carbocycles. The zero-order valence-corrected chi connectivity index (χ0v) is 20.8. The Labute approximate surface area is 213 Å². The molecule has 0 saturated carbocycles. The fraction of sp³-hybridized carbons (Fsp3) is 0.464. The molecule has 192 valence electrons. The molecule has 0 bridgehead atoms. The van der Waals surface area contributed by atoms with E-state index in [1.807, 2.05) is 0 Å². The minimum atomic E-state index is -4.42. The van der Waals surface area contributed by atoms with Crippen molar-refractivity contribution in [3.63, 3.8) is 0 Å². The van der Waals surface area contributed by atoms with Crippen molar-refractivity contribution in [3.8, 4) is 0 Å². The van der Waals surface area contributed by atoms with Crippen molar-refractivity contribution in [2.45, 2.75) is 63.0 Å². The number of benzene rings is 2. The number of nitrogens with zero attached hydrogens (tertiary/aromatic N) is 2. The van der Waals surface area contributed by atoms with Crippen LogP contribution < -0.4 is 5.43 Å². The molecule has 0 amide bonds. The van der Waals surface area contributed by atoms with Gasteiger partial charge in [0.2, 0.25) is 0 Å². The van der Waals surface area contributed by atoms with E-state index in [4.69, 9.17) is 11.6 Å². The number of hydrogen-bond acceptors (Lipinski definition) is 3. The second-order valence-electron chi connectivity index (χ2n) is 10.2. The monoisotopic (exact) mass is 518 g/mol. The van der Waals surface area contributed by atoms with Gasteiger partial charge >= 0.3 is 6.18 Å². The highest BCUT2D eigenvalue weighted by atomic mass is 35.5. The number of halogens is 4. The summed E-state index contributed by atoms with van der Waals surface area (Å²) in [6, 6.07) is 10.2. The topological polar surface area (TPSA) is 45.5 Å². The van der Waals surface area contributed by atoms with Gasteiger partial charge in [0.25, 0.3) is 0 Å². The average molecular weight is 519 g/mol. The minimum absolute atomic E-state index is 0.139. The van der Waals surface area contributed by atoms with Crippen molar-refractivity contribution in [2.24, 2.45) is 0 Å². The molecule has 5 rings (SSSR count). The summed E-state index contributed by atoms with van der Waals surface area (Å²) in [6.07, 6.45) is 1.58. The summed E-state index contributed by atoms with van der Waals surface area (Å²) in [5.74, 6) is -0.382. The molecule has 1 aromatic heterocycles. The molecule has 0 radical (unpaired) electrons. The molecule has 36 heavy (non-hydrogen) atoms. The molecule has 2 atom stereocenters. The van der Waals surface area contributed by atoms with E-state index in [0.717, 1.165) is 49.7 Å². The lowest BCUT2D eigenvalue weighted by molar-refractivity contribution is -0.137. The van der Waals surface area contributed by atoms with Gasteiger partial charge in [-0.15, -0.1) is 0 Å². The van der Waals surface area contributed by atoms with Crippen LogP contribution in [0.25, 0.3) is 10.9 Å². The van der Waals surface area contributed by atoms with E-state index >= 15 is 0 Å². The molecule has 2 aliphatic rings. The molecule has 2 aromatic carbocycles. The van der Waals surface area contributed by atoms with Crippen LogP contribution in [0.15, 0.2) is 47.3 Å². The summed E-state index contributed by atoms with van der Waals surface area (Å²) >= 11 is 6.16. The van der Waals surface area contributed by atoms with E-state index in [2.05, 4.69) is 4.90 Å². The van der Waals surface area contributed by atoms with Gasteiger partial charge in [0, 0.05) is 10.6 Å². The molecule has 8 heteroatoms. The third-order valence-corrected chi connectivity index (χ3v) is 8.06. The lowest BCUT2D eigenvalue weighted by Crippen LogP contribution is -2.29. The molecule has 2 unspecified atom stereocenters. The number of likely N-dealkylation sites (tertiary alicyclic amines) is 1. The lowest BCUT2D eigenvalue weighted by atomic mass is 9.73. The Morgan fingerprint density at radius 1 is 1.06 bits per heavy atom. The fourth-order valence-electron chi connectivity index (χ4n) is 6.02. The van der Waals surface area contributed by atoms with Crippen molar-refractivity contribution in [2.75, 3.05) is 19.6 Å². The van der Waals surface area contributed by atoms with Gasteiger partial charge in [-0.25, -0.2) is 0 Å². The number of hydrogen-bond donors (Lipinski definition) is 1. The van der Waals surface area contributed by atoms with Crippen LogP contribution in [0.5, 0.6) is 0 Å². The Hall–Kier alpha value is -2.51. The van der Waals surface area contributed by atoms with Gasteiger partial charge in [0.1, 0.15) is 0 Å². The van der Waals surface area contributed by atoms with Crippen LogP contribution >= 0.6 is 11.6 Å². The molecule has 3 aromatic rings. The Morgan fingerprint density at radius 3 is 2.58 bits per heavy atom. The molecule has 1 saturated heterocycles. The smallest absolute Gasteiger partial charge is 0.416 e. The van der Waals surface area contributed by atoms with Gasteiger partial charge in [-0.3, -0.25) is 4.79 Å². The Balaban J connectivity index is 1.50. The molecule has 1 fully saturated rings. The summed E-state index contributed by atoms with van der Waals surface area (Å²) < 4.78 is 41.3. The van der Waals surface area contributed by atoms with Crippen LogP contribution in [0.2, 0.25) is 5.02 Å². The van der Waals surface area contributed by atoms with E-state index < -0.39 is 11.7 Å². The maximum absolute atomic E-state index is 13.6. The van der Waals surface area contributed by atoms with Crippen molar-refractivity contribution < 1.29 is 18.4 Å². The number of unbranched alkanes of at least 4 members (excludes halogenated alkanes) is 1. The largest absolute Gasteiger partial charge is 0.428 e. The van der Waals surface area contributed by atoms with Crippen molar-refractivity contribution in [1.29, 1.82) is 0 Å². The van der Waals surface area contributed by atoms with Crippen LogP contribution in [-0.2, 0) is 12.6 Å². The van der Waals surface area contributed by atoms with E-state index in [1.165, 1.54) is 25.0 Å². The molecule has 2 heterocycles. The highest BCUT2D eigenvalue weighted by Crippen LogP contribution is 2.43.